The second kappa shape index (κ2) is 11.0. The molecule has 10 heteroatoms. The number of benzene rings is 3. The Labute approximate surface area is 207 Å². The fraction of sp³-hybridized carbons (Fsp3) is 0.0435. The highest BCUT2D eigenvalue weighted by molar-refractivity contribution is 9.10. The van der Waals surface area contributed by atoms with Crippen LogP contribution in [0.25, 0.3) is 6.08 Å². The van der Waals surface area contributed by atoms with Gasteiger partial charge in [0.1, 0.15) is 18.2 Å². The second-order valence-corrected chi connectivity index (χ2v) is 8.36. The lowest BCUT2D eigenvalue weighted by Crippen LogP contribution is -2.13. The summed E-state index contributed by atoms with van der Waals surface area (Å²) in [5, 5.41) is 23.7. The van der Waals surface area contributed by atoms with E-state index in [1.165, 1.54) is 18.2 Å². The van der Waals surface area contributed by atoms with Gasteiger partial charge in [-0.05, 0) is 69.5 Å². The van der Waals surface area contributed by atoms with E-state index in [1.54, 1.807) is 48.5 Å². The number of nitro groups is 1. The van der Waals surface area contributed by atoms with Crippen LogP contribution < -0.4 is 10.1 Å². The molecular weight excluding hydrogens is 533 g/mol. The third-order valence-corrected chi connectivity index (χ3v) is 5.43. The molecule has 1 N–H and O–H groups in total. The first-order valence-electron chi connectivity index (χ1n) is 9.30. The summed E-state index contributed by atoms with van der Waals surface area (Å²) in [6, 6.07) is 17.6. The molecule has 0 saturated carbocycles. The van der Waals surface area contributed by atoms with Crippen molar-refractivity contribution in [3.63, 3.8) is 0 Å². The van der Waals surface area contributed by atoms with Crippen molar-refractivity contribution in [1.29, 1.82) is 5.26 Å². The zero-order valence-electron chi connectivity index (χ0n) is 16.7. The van der Waals surface area contributed by atoms with E-state index in [-0.39, 0.29) is 22.9 Å². The molecule has 166 valence electrons. The summed E-state index contributed by atoms with van der Waals surface area (Å²) in [6.07, 6.45) is 1.40. The quantitative estimate of drug-likeness (QED) is 0.152. The van der Waals surface area contributed by atoms with Crippen LogP contribution in [0.5, 0.6) is 5.75 Å². The van der Waals surface area contributed by atoms with Gasteiger partial charge in [-0.2, -0.15) is 5.26 Å². The first kappa shape index (κ1) is 24.3. The second-order valence-electron chi connectivity index (χ2n) is 6.66. The van der Waals surface area contributed by atoms with Gasteiger partial charge in [0.2, 0.25) is 0 Å². The number of hydrogen-bond donors (Lipinski definition) is 1. The molecule has 0 heterocycles. The van der Waals surface area contributed by atoms with Gasteiger partial charge in [0, 0.05) is 22.8 Å². The number of nitro benzene ring substituents is 1. The number of anilines is 1. The van der Waals surface area contributed by atoms with Gasteiger partial charge >= 0.3 is 0 Å². The van der Waals surface area contributed by atoms with Crippen molar-refractivity contribution in [2.45, 2.75) is 6.61 Å². The van der Waals surface area contributed by atoms with Crippen LogP contribution in [0.1, 0.15) is 11.1 Å². The van der Waals surface area contributed by atoms with E-state index in [2.05, 4.69) is 21.2 Å². The van der Waals surface area contributed by atoms with Crippen molar-refractivity contribution in [2.75, 3.05) is 5.32 Å². The number of non-ortho nitro benzene ring substituents is 1. The van der Waals surface area contributed by atoms with E-state index in [4.69, 9.17) is 27.9 Å². The fourth-order valence-corrected chi connectivity index (χ4v) is 3.88. The maximum atomic E-state index is 12.5. The molecule has 0 aliphatic rings. The van der Waals surface area contributed by atoms with Crippen LogP contribution in [0.2, 0.25) is 10.0 Å². The number of halogens is 3. The number of nitrogens with zero attached hydrogens (tertiary/aromatic N) is 2. The molecule has 0 fully saturated rings. The summed E-state index contributed by atoms with van der Waals surface area (Å²) in [7, 11) is 0. The fourth-order valence-electron chi connectivity index (χ4n) is 2.76. The molecule has 0 radical (unpaired) electrons. The van der Waals surface area contributed by atoms with Gasteiger partial charge in [0.25, 0.3) is 11.6 Å². The smallest absolute Gasteiger partial charge is 0.269 e. The Kier molecular flexibility index (Phi) is 8.06. The summed E-state index contributed by atoms with van der Waals surface area (Å²) >= 11 is 15.6. The highest BCUT2D eigenvalue weighted by Gasteiger charge is 2.14. The molecule has 3 aromatic carbocycles. The standard InChI is InChI=1S/C23H14BrCl2N3O4/c24-20-10-15(8-16(12-27)23(30)28-18-6-4-17(25)5-7-18)11-21(26)22(20)33-13-14-2-1-3-19(9-14)29(31)32/h1-11H,13H2,(H,28,30)/b16-8-. The summed E-state index contributed by atoms with van der Waals surface area (Å²) in [6.45, 7) is 0.0577. The molecule has 0 aliphatic heterocycles. The average Bonchev–Trinajstić information content (AvgIpc) is 2.78. The number of carbonyl (C=O) groups is 1. The van der Waals surface area contributed by atoms with Crippen LogP contribution in [-0.2, 0) is 11.4 Å². The van der Waals surface area contributed by atoms with Crippen molar-refractivity contribution in [3.05, 3.63) is 102 Å². The van der Waals surface area contributed by atoms with E-state index in [0.29, 0.717) is 32.1 Å². The minimum absolute atomic E-state index is 0.0392. The van der Waals surface area contributed by atoms with Crippen LogP contribution in [0.4, 0.5) is 11.4 Å². The van der Waals surface area contributed by atoms with E-state index in [9.17, 15) is 20.2 Å². The summed E-state index contributed by atoms with van der Waals surface area (Å²) in [5.41, 5.74) is 1.43. The number of carbonyl (C=O) groups excluding carboxylic acids is 1. The molecule has 3 rings (SSSR count). The van der Waals surface area contributed by atoms with Crippen LogP contribution in [0.15, 0.2) is 70.7 Å². The molecular formula is C23H14BrCl2N3O4. The molecule has 0 atom stereocenters. The van der Waals surface area contributed by atoms with E-state index in [1.807, 2.05) is 6.07 Å². The summed E-state index contributed by atoms with van der Waals surface area (Å²) in [4.78, 5) is 22.9. The van der Waals surface area contributed by atoms with Crippen molar-refractivity contribution >= 4 is 62.5 Å². The highest BCUT2D eigenvalue weighted by atomic mass is 79.9. The number of nitriles is 1. The van der Waals surface area contributed by atoms with Crippen LogP contribution in [0, 0.1) is 21.4 Å². The first-order valence-corrected chi connectivity index (χ1v) is 10.9. The molecule has 3 aromatic rings. The third-order valence-electron chi connectivity index (χ3n) is 4.30. The summed E-state index contributed by atoms with van der Waals surface area (Å²) < 4.78 is 6.22. The summed E-state index contributed by atoms with van der Waals surface area (Å²) in [5.74, 6) is -0.262. The van der Waals surface area contributed by atoms with Gasteiger partial charge < -0.3 is 10.1 Å². The zero-order valence-corrected chi connectivity index (χ0v) is 19.8. The monoisotopic (exact) mass is 545 g/mol. The molecule has 0 spiro atoms. The van der Waals surface area contributed by atoms with Crippen molar-refractivity contribution in [1.82, 2.24) is 0 Å². The highest BCUT2D eigenvalue weighted by Crippen LogP contribution is 2.36. The number of ether oxygens (including phenoxy) is 1. The first-order chi connectivity index (χ1) is 15.8. The van der Waals surface area contributed by atoms with Crippen LogP contribution in [-0.4, -0.2) is 10.8 Å². The number of amides is 1. The molecule has 0 unspecified atom stereocenters. The van der Waals surface area contributed by atoms with E-state index < -0.39 is 10.8 Å². The van der Waals surface area contributed by atoms with Crippen molar-refractivity contribution < 1.29 is 14.5 Å². The molecule has 0 aliphatic carbocycles. The van der Waals surface area contributed by atoms with Gasteiger partial charge in [-0.15, -0.1) is 0 Å². The predicted molar refractivity (Wildman–Crippen MR) is 130 cm³/mol. The van der Waals surface area contributed by atoms with Crippen molar-refractivity contribution in [2.24, 2.45) is 0 Å². The van der Waals surface area contributed by atoms with E-state index in [0.717, 1.165) is 0 Å². The van der Waals surface area contributed by atoms with Crippen molar-refractivity contribution in [3.8, 4) is 11.8 Å². The Balaban J connectivity index is 1.76. The largest absolute Gasteiger partial charge is 0.486 e. The number of hydrogen-bond acceptors (Lipinski definition) is 5. The lowest BCUT2D eigenvalue weighted by Gasteiger charge is -2.11. The topological polar surface area (TPSA) is 105 Å². The number of nitrogens with one attached hydrogen (secondary N) is 1. The Morgan fingerprint density at radius 1 is 1.18 bits per heavy atom. The molecule has 0 bridgehead atoms. The predicted octanol–water partition coefficient (Wildman–Crippen LogP) is 6.79. The Hall–Kier alpha value is -3.38. The molecule has 0 aromatic heterocycles. The van der Waals surface area contributed by atoms with Gasteiger partial charge in [-0.1, -0.05) is 35.3 Å². The van der Waals surface area contributed by atoms with Gasteiger partial charge in [-0.3, -0.25) is 14.9 Å². The van der Waals surface area contributed by atoms with E-state index >= 15 is 0 Å². The molecule has 1 amide bonds. The average molecular weight is 547 g/mol. The molecule has 7 nitrogen and oxygen atoms in total. The zero-order chi connectivity index (χ0) is 24.0. The Morgan fingerprint density at radius 3 is 2.55 bits per heavy atom. The van der Waals surface area contributed by atoms with Crippen LogP contribution >= 0.6 is 39.1 Å². The number of rotatable bonds is 7. The SMILES string of the molecule is N#C/C(=C/c1cc(Cl)c(OCc2cccc([N+](=O)[O-])c2)c(Br)c1)C(=O)Nc1ccc(Cl)cc1. The maximum absolute atomic E-state index is 12.5. The minimum atomic E-state index is -0.585. The van der Waals surface area contributed by atoms with Gasteiger partial charge in [0.15, 0.2) is 5.75 Å². The lowest BCUT2D eigenvalue weighted by molar-refractivity contribution is -0.384. The normalized spacial score (nSPS) is 10.9. The minimum Gasteiger partial charge on any atom is -0.486 e. The maximum Gasteiger partial charge on any atom is 0.269 e. The lowest BCUT2D eigenvalue weighted by atomic mass is 10.1. The Bertz CT molecular complexity index is 1260. The Morgan fingerprint density at radius 2 is 1.91 bits per heavy atom. The molecule has 33 heavy (non-hydrogen) atoms. The van der Waals surface area contributed by atoms with Gasteiger partial charge in [-0.25, -0.2) is 0 Å². The molecule has 0 saturated heterocycles. The third kappa shape index (κ3) is 6.56. The van der Waals surface area contributed by atoms with Gasteiger partial charge in [0.05, 0.1) is 14.4 Å². The van der Waals surface area contributed by atoms with Crippen LogP contribution in [0.3, 0.4) is 0 Å².